The summed E-state index contributed by atoms with van der Waals surface area (Å²) in [6.45, 7) is 5.34. The zero-order valence-corrected chi connectivity index (χ0v) is 24.7. The van der Waals surface area contributed by atoms with Crippen molar-refractivity contribution in [1.82, 2.24) is 14.5 Å². The highest BCUT2D eigenvalue weighted by Gasteiger charge is 2.24. The second-order valence-corrected chi connectivity index (χ2v) is 11.1. The Morgan fingerprint density at radius 1 is 0.705 bits per heavy atom. The largest absolute Gasteiger partial charge is 0.454 e. The molecule has 44 heavy (non-hydrogen) atoms. The molecule has 0 saturated heterocycles. The molecule has 0 aliphatic carbocycles. The fourth-order valence-electron chi connectivity index (χ4n) is 5.85. The van der Waals surface area contributed by atoms with Crippen molar-refractivity contribution in [2.45, 2.75) is 45.9 Å². The minimum atomic E-state index is -0.282. The molecule has 0 atom stereocenters. The van der Waals surface area contributed by atoms with Crippen molar-refractivity contribution >= 4 is 0 Å². The van der Waals surface area contributed by atoms with Crippen LogP contribution in [0.5, 0.6) is 23.0 Å². The zero-order chi connectivity index (χ0) is 29.9. The van der Waals surface area contributed by atoms with E-state index < -0.39 is 0 Å². The third kappa shape index (κ3) is 5.85. The van der Waals surface area contributed by atoms with Crippen LogP contribution in [0.25, 0.3) is 22.6 Å². The van der Waals surface area contributed by atoms with E-state index in [1.54, 1.807) is 12.1 Å². The molecule has 8 heteroatoms. The van der Waals surface area contributed by atoms with Gasteiger partial charge in [0, 0.05) is 37.3 Å². The van der Waals surface area contributed by atoms with Gasteiger partial charge in [0.15, 0.2) is 23.0 Å². The summed E-state index contributed by atoms with van der Waals surface area (Å²) >= 11 is 0. The Morgan fingerprint density at radius 3 is 1.98 bits per heavy atom. The predicted octanol–water partition coefficient (Wildman–Crippen LogP) is 7.82. The number of imidazole rings is 1. The van der Waals surface area contributed by atoms with Crippen molar-refractivity contribution in [1.29, 1.82) is 0 Å². The van der Waals surface area contributed by atoms with Gasteiger partial charge in [-0.1, -0.05) is 67.9 Å². The topological polar surface area (TPSA) is 58.0 Å². The highest BCUT2D eigenvalue weighted by molar-refractivity contribution is 5.68. The molecule has 7 rings (SSSR count). The molecule has 1 aromatic heterocycles. The van der Waals surface area contributed by atoms with Crippen LogP contribution in [0.2, 0.25) is 0 Å². The summed E-state index contributed by atoms with van der Waals surface area (Å²) in [4.78, 5) is 7.58. The average Bonchev–Trinajstić information content (AvgIpc) is 3.79. The quantitative estimate of drug-likeness (QED) is 0.156. The molecule has 4 aromatic carbocycles. The van der Waals surface area contributed by atoms with Crippen LogP contribution in [0.3, 0.4) is 0 Å². The first-order valence-electron chi connectivity index (χ1n) is 15.0. The van der Waals surface area contributed by atoms with Gasteiger partial charge in [-0.15, -0.1) is 0 Å². The van der Waals surface area contributed by atoms with E-state index in [9.17, 15) is 4.39 Å². The molecule has 0 N–H and O–H groups in total. The molecule has 0 saturated carbocycles. The SMILES string of the molecule is CCCCn1c(-c2ccccc2)nc(-c2cccc(F)c2)c1CN(Cc1ccc2c(c1)OCO2)Cc1ccc2c(c1)OCO2. The molecule has 0 fully saturated rings. The zero-order valence-electron chi connectivity index (χ0n) is 24.7. The van der Waals surface area contributed by atoms with Crippen molar-refractivity contribution < 1.29 is 23.3 Å². The van der Waals surface area contributed by atoms with E-state index in [2.05, 4.69) is 40.7 Å². The summed E-state index contributed by atoms with van der Waals surface area (Å²) in [7, 11) is 0. The summed E-state index contributed by atoms with van der Waals surface area (Å²) in [6, 6.07) is 29.2. The lowest BCUT2D eigenvalue weighted by Gasteiger charge is -2.25. The van der Waals surface area contributed by atoms with Gasteiger partial charge in [0.05, 0.1) is 11.4 Å². The third-order valence-electron chi connectivity index (χ3n) is 8.00. The molecule has 7 nitrogen and oxygen atoms in total. The van der Waals surface area contributed by atoms with Crippen molar-refractivity contribution in [3.63, 3.8) is 0 Å². The van der Waals surface area contributed by atoms with Crippen LogP contribution in [0.1, 0.15) is 36.6 Å². The van der Waals surface area contributed by atoms with E-state index in [4.69, 9.17) is 23.9 Å². The molecule has 0 unspecified atom stereocenters. The summed E-state index contributed by atoms with van der Waals surface area (Å²) in [5, 5.41) is 0. The Hall–Kier alpha value is -4.82. The van der Waals surface area contributed by atoms with Crippen molar-refractivity contribution in [2.24, 2.45) is 0 Å². The average molecular weight is 592 g/mol. The lowest BCUT2D eigenvalue weighted by molar-refractivity contribution is 0.173. The van der Waals surface area contributed by atoms with Crippen LogP contribution >= 0.6 is 0 Å². The number of hydrogen-bond acceptors (Lipinski definition) is 6. The molecule has 0 amide bonds. The van der Waals surface area contributed by atoms with Gasteiger partial charge in [-0.05, 0) is 53.9 Å². The standard InChI is InChI=1S/C36H34FN3O4/c1-2-3-16-40-30(35(28-10-7-11-29(37)19-28)38-36(40)27-8-5-4-6-9-27)22-39(20-25-12-14-31-33(17-25)43-23-41-31)21-26-13-15-32-34(18-26)44-24-42-32/h4-15,17-19H,2-3,16,20-24H2,1H3. The fraction of sp³-hybridized carbons (Fsp3) is 0.250. The minimum absolute atomic E-state index is 0.232. The summed E-state index contributed by atoms with van der Waals surface area (Å²) < 4.78 is 39.4. The van der Waals surface area contributed by atoms with Crippen LogP contribution in [-0.4, -0.2) is 28.0 Å². The van der Waals surface area contributed by atoms with Gasteiger partial charge in [-0.3, -0.25) is 4.90 Å². The van der Waals surface area contributed by atoms with Crippen molar-refractivity contribution in [3.8, 4) is 45.6 Å². The first-order valence-corrected chi connectivity index (χ1v) is 15.0. The second kappa shape index (κ2) is 12.4. The highest BCUT2D eigenvalue weighted by atomic mass is 19.1. The van der Waals surface area contributed by atoms with Gasteiger partial charge < -0.3 is 23.5 Å². The lowest BCUT2D eigenvalue weighted by Crippen LogP contribution is -2.24. The predicted molar refractivity (Wildman–Crippen MR) is 166 cm³/mol. The maximum Gasteiger partial charge on any atom is 0.231 e. The number of aromatic nitrogens is 2. The van der Waals surface area contributed by atoms with E-state index in [1.807, 2.05) is 48.5 Å². The van der Waals surface area contributed by atoms with E-state index in [0.29, 0.717) is 19.6 Å². The third-order valence-corrected chi connectivity index (χ3v) is 8.00. The van der Waals surface area contributed by atoms with Gasteiger partial charge in [-0.2, -0.15) is 0 Å². The van der Waals surface area contributed by atoms with Crippen LogP contribution < -0.4 is 18.9 Å². The van der Waals surface area contributed by atoms with Gasteiger partial charge in [0.1, 0.15) is 11.6 Å². The van der Waals surface area contributed by atoms with Crippen LogP contribution in [0.4, 0.5) is 4.39 Å². The van der Waals surface area contributed by atoms with Crippen molar-refractivity contribution in [2.75, 3.05) is 13.6 Å². The molecule has 2 aliphatic rings. The molecule has 224 valence electrons. The number of ether oxygens (including phenoxy) is 4. The first-order chi connectivity index (χ1) is 21.6. The second-order valence-electron chi connectivity index (χ2n) is 11.1. The molecule has 0 radical (unpaired) electrons. The molecule has 0 spiro atoms. The van der Waals surface area contributed by atoms with E-state index in [0.717, 1.165) is 81.9 Å². The molecule has 3 heterocycles. The monoisotopic (exact) mass is 591 g/mol. The number of unbranched alkanes of at least 4 members (excludes halogenated alkanes) is 1. The molecule has 0 bridgehead atoms. The van der Waals surface area contributed by atoms with E-state index in [1.165, 1.54) is 6.07 Å². The molecular formula is C36H34FN3O4. The smallest absolute Gasteiger partial charge is 0.231 e. The van der Waals surface area contributed by atoms with Crippen LogP contribution in [-0.2, 0) is 26.2 Å². The van der Waals surface area contributed by atoms with E-state index >= 15 is 0 Å². The molecule has 5 aromatic rings. The fourth-order valence-corrected chi connectivity index (χ4v) is 5.85. The number of hydrogen-bond donors (Lipinski definition) is 0. The number of rotatable bonds is 11. The Labute approximate surface area is 256 Å². The minimum Gasteiger partial charge on any atom is -0.454 e. The number of nitrogens with zero attached hydrogens (tertiary/aromatic N) is 3. The van der Waals surface area contributed by atoms with Gasteiger partial charge in [-0.25, -0.2) is 9.37 Å². The normalized spacial score (nSPS) is 13.2. The summed E-state index contributed by atoms with van der Waals surface area (Å²) in [6.07, 6.45) is 2.04. The summed E-state index contributed by atoms with van der Waals surface area (Å²) in [5.41, 5.74) is 5.84. The van der Waals surface area contributed by atoms with Crippen LogP contribution in [0, 0.1) is 5.82 Å². The van der Waals surface area contributed by atoms with Gasteiger partial charge in [0.25, 0.3) is 0 Å². The Bertz CT molecular complexity index is 1710. The Morgan fingerprint density at radius 2 is 1.34 bits per heavy atom. The van der Waals surface area contributed by atoms with E-state index in [-0.39, 0.29) is 19.4 Å². The maximum absolute atomic E-state index is 14.6. The lowest BCUT2D eigenvalue weighted by atomic mass is 10.1. The number of halogens is 1. The number of benzene rings is 4. The summed E-state index contributed by atoms with van der Waals surface area (Å²) in [5.74, 6) is 3.63. The molecular weight excluding hydrogens is 557 g/mol. The maximum atomic E-state index is 14.6. The molecule has 2 aliphatic heterocycles. The Kier molecular flexibility index (Phi) is 7.90. The highest BCUT2D eigenvalue weighted by Crippen LogP contribution is 2.36. The first kappa shape index (κ1) is 28.0. The Balaban J connectivity index is 1.32. The van der Waals surface area contributed by atoms with Gasteiger partial charge >= 0.3 is 0 Å². The van der Waals surface area contributed by atoms with Crippen LogP contribution in [0.15, 0.2) is 91.0 Å². The van der Waals surface area contributed by atoms with Gasteiger partial charge in [0.2, 0.25) is 13.6 Å². The van der Waals surface area contributed by atoms with Crippen molar-refractivity contribution in [3.05, 3.63) is 114 Å². The number of fused-ring (bicyclic) bond motifs is 2.